The fourth-order valence-electron chi connectivity index (χ4n) is 4.53. The van der Waals surface area contributed by atoms with Crippen molar-refractivity contribution in [2.75, 3.05) is 26.2 Å². The number of likely N-dealkylation sites (tertiary alicyclic amines) is 2. The van der Waals surface area contributed by atoms with Crippen LogP contribution in [0.25, 0.3) is 0 Å². The van der Waals surface area contributed by atoms with Crippen LogP contribution in [0.4, 0.5) is 0 Å². The number of benzene rings is 1. The highest BCUT2D eigenvalue weighted by Crippen LogP contribution is 2.32. The Morgan fingerprint density at radius 1 is 0.966 bits per heavy atom. The molecule has 2 amide bonds. The smallest absolute Gasteiger partial charge is 0.254 e. The average Bonchev–Trinajstić information content (AvgIpc) is 3.60. The average molecular weight is 401 g/mol. The third kappa shape index (κ3) is 4.92. The quantitative estimate of drug-likeness (QED) is 0.797. The van der Waals surface area contributed by atoms with E-state index in [-0.39, 0.29) is 30.6 Å². The Bertz CT molecular complexity index is 706. The van der Waals surface area contributed by atoms with Crippen LogP contribution >= 0.6 is 0 Å². The number of ether oxygens (including phenoxy) is 1. The van der Waals surface area contributed by atoms with Crippen molar-refractivity contribution in [2.45, 2.75) is 63.5 Å². The van der Waals surface area contributed by atoms with Crippen LogP contribution in [-0.2, 0) is 4.79 Å². The number of rotatable bonds is 6. The molecule has 6 nitrogen and oxygen atoms in total. The molecule has 2 heterocycles. The fourth-order valence-corrected chi connectivity index (χ4v) is 4.53. The van der Waals surface area contributed by atoms with E-state index in [4.69, 9.17) is 4.74 Å². The maximum absolute atomic E-state index is 12.9. The highest BCUT2D eigenvalue weighted by Gasteiger charge is 2.35. The number of piperidine rings is 2. The summed E-state index contributed by atoms with van der Waals surface area (Å²) < 4.78 is 6.10. The minimum absolute atomic E-state index is 0.0431. The molecule has 0 radical (unpaired) electrons. The molecule has 1 atom stereocenters. The zero-order chi connectivity index (χ0) is 20.2. The Hall–Kier alpha value is -2.08. The van der Waals surface area contributed by atoms with E-state index < -0.39 is 0 Å². The molecule has 1 saturated carbocycles. The van der Waals surface area contributed by atoms with E-state index in [1.807, 2.05) is 34.1 Å². The van der Waals surface area contributed by atoms with Crippen molar-refractivity contribution in [2.24, 2.45) is 5.92 Å². The van der Waals surface area contributed by atoms with E-state index in [1.54, 1.807) is 0 Å². The highest BCUT2D eigenvalue weighted by molar-refractivity contribution is 5.94. The van der Waals surface area contributed by atoms with Crippen molar-refractivity contribution < 1.29 is 19.4 Å². The molecule has 0 unspecified atom stereocenters. The lowest BCUT2D eigenvalue weighted by molar-refractivity contribution is -0.134. The maximum Gasteiger partial charge on any atom is 0.254 e. The predicted molar refractivity (Wildman–Crippen MR) is 110 cm³/mol. The summed E-state index contributed by atoms with van der Waals surface area (Å²) >= 11 is 0. The second-order valence-corrected chi connectivity index (χ2v) is 8.60. The number of hydrogen-bond acceptors (Lipinski definition) is 4. The Morgan fingerprint density at radius 2 is 1.69 bits per heavy atom. The van der Waals surface area contributed by atoms with Gasteiger partial charge in [-0.3, -0.25) is 9.59 Å². The summed E-state index contributed by atoms with van der Waals surface area (Å²) in [6.07, 6.45) is 7.70. The molecule has 1 aromatic rings. The van der Waals surface area contributed by atoms with Crippen LogP contribution in [0.15, 0.2) is 24.3 Å². The number of carbonyl (C=O) groups excluding carboxylic acids is 2. The first-order chi connectivity index (χ1) is 14.2. The van der Waals surface area contributed by atoms with Crippen molar-refractivity contribution in [3.8, 4) is 5.75 Å². The lowest BCUT2D eigenvalue weighted by Gasteiger charge is -2.35. The molecule has 6 heteroatoms. The van der Waals surface area contributed by atoms with Gasteiger partial charge in [0.05, 0.1) is 0 Å². The van der Waals surface area contributed by atoms with E-state index in [9.17, 15) is 14.7 Å². The minimum atomic E-state index is 0.0431. The van der Waals surface area contributed by atoms with Crippen LogP contribution < -0.4 is 4.74 Å². The van der Waals surface area contributed by atoms with Crippen LogP contribution in [0.5, 0.6) is 5.75 Å². The zero-order valence-electron chi connectivity index (χ0n) is 17.1. The molecule has 0 spiro atoms. The van der Waals surface area contributed by atoms with Crippen molar-refractivity contribution in [3.05, 3.63) is 29.8 Å². The Morgan fingerprint density at radius 3 is 2.34 bits per heavy atom. The van der Waals surface area contributed by atoms with E-state index >= 15 is 0 Å². The third-order valence-corrected chi connectivity index (χ3v) is 6.43. The van der Waals surface area contributed by atoms with Crippen molar-refractivity contribution in [3.63, 3.8) is 0 Å². The summed E-state index contributed by atoms with van der Waals surface area (Å²) in [5.74, 6) is 1.43. The number of aliphatic hydroxyl groups excluding tert-OH is 1. The zero-order valence-corrected chi connectivity index (χ0v) is 17.1. The maximum atomic E-state index is 12.9. The number of hydrogen-bond donors (Lipinski definition) is 1. The minimum Gasteiger partial charge on any atom is -0.490 e. The van der Waals surface area contributed by atoms with Crippen LogP contribution in [0.1, 0.15) is 61.7 Å². The van der Waals surface area contributed by atoms with Gasteiger partial charge in [0.25, 0.3) is 5.91 Å². The predicted octanol–water partition coefficient (Wildman–Crippen LogP) is 2.84. The summed E-state index contributed by atoms with van der Waals surface area (Å²) in [6.45, 7) is 2.43. The molecule has 4 rings (SSSR count). The number of amides is 2. The Labute approximate surface area is 172 Å². The molecule has 0 bridgehead atoms. The van der Waals surface area contributed by atoms with Crippen LogP contribution in [0.3, 0.4) is 0 Å². The van der Waals surface area contributed by atoms with Gasteiger partial charge in [0, 0.05) is 56.6 Å². The van der Waals surface area contributed by atoms with Crippen LogP contribution in [-0.4, -0.2) is 65.1 Å². The van der Waals surface area contributed by atoms with Gasteiger partial charge in [0.15, 0.2) is 0 Å². The van der Waals surface area contributed by atoms with Crippen LogP contribution in [0.2, 0.25) is 0 Å². The molecule has 3 fully saturated rings. The lowest BCUT2D eigenvalue weighted by atomic mass is 9.98. The molecule has 2 aliphatic heterocycles. The summed E-state index contributed by atoms with van der Waals surface area (Å²) in [5.41, 5.74) is 0.673. The topological polar surface area (TPSA) is 70.1 Å². The van der Waals surface area contributed by atoms with Gasteiger partial charge in [-0.1, -0.05) is 0 Å². The van der Waals surface area contributed by atoms with Gasteiger partial charge < -0.3 is 19.6 Å². The number of aliphatic hydroxyl groups is 1. The third-order valence-electron chi connectivity index (χ3n) is 6.43. The summed E-state index contributed by atoms with van der Waals surface area (Å²) in [4.78, 5) is 29.0. The summed E-state index contributed by atoms with van der Waals surface area (Å²) in [7, 11) is 0. The summed E-state index contributed by atoms with van der Waals surface area (Å²) in [6, 6.07) is 7.57. The van der Waals surface area contributed by atoms with Gasteiger partial charge in [0.2, 0.25) is 5.91 Å². The molecule has 3 aliphatic rings. The molecule has 29 heavy (non-hydrogen) atoms. The van der Waals surface area contributed by atoms with Gasteiger partial charge in [-0.25, -0.2) is 0 Å². The second-order valence-electron chi connectivity index (χ2n) is 8.60. The van der Waals surface area contributed by atoms with Gasteiger partial charge in [-0.05, 0) is 62.8 Å². The first kappa shape index (κ1) is 20.2. The normalized spacial score (nSPS) is 23.1. The SMILES string of the molecule is O=C(C1CC1)N1CCC(Oc2ccc(C(=O)N3CCCC[C@@H]3CCO)cc2)CC1. The van der Waals surface area contributed by atoms with E-state index in [1.165, 1.54) is 0 Å². The first-order valence-electron chi connectivity index (χ1n) is 11.1. The molecular formula is C23H32N2O4. The molecule has 0 aromatic heterocycles. The van der Waals surface area contributed by atoms with E-state index in [2.05, 4.69) is 0 Å². The Balaban J connectivity index is 1.30. The molecular weight excluding hydrogens is 368 g/mol. The molecule has 1 N–H and O–H groups in total. The molecule has 2 saturated heterocycles. The monoisotopic (exact) mass is 400 g/mol. The number of carbonyl (C=O) groups is 2. The van der Waals surface area contributed by atoms with Crippen LogP contribution in [0, 0.1) is 5.92 Å². The first-order valence-corrected chi connectivity index (χ1v) is 11.1. The summed E-state index contributed by atoms with van der Waals surface area (Å²) in [5, 5.41) is 9.28. The standard InChI is InChI=1S/C23H32N2O4/c26-16-12-19-3-1-2-13-25(19)23(28)18-6-8-20(9-7-18)29-21-10-14-24(15-11-21)22(27)17-4-5-17/h6-9,17,19,21,26H,1-5,10-16H2/t19-/m1/s1. The van der Waals surface area contributed by atoms with Gasteiger partial charge in [-0.15, -0.1) is 0 Å². The highest BCUT2D eigenvalue weighted by atomic mass is 16.5. The van der Waals surface area contributed by atoms with Crippen molar-refractivity contribution in [1.82, 2.24) is 9.80 Å². The van der Waals surface area contributed by atoms with Crippen molar-refractivity contribution >= 4 is 11.8 Å². The second kappa shape index (κ2) is 9.16. The number of nitrogens with zero attached hydrogens (tertiary/aromatic N) is 2. The van der Waals surface area contributed by atoms with Gasteiger partial charge in [-0.2, -0.15) is 0 Å². The lowest BCUT2D eigenvalue weighted by Crippen LogP contribution is -2.44. The molecule has 1 aliphatic carbocycles. The molecule has 158 valence electrons. The van der Waals surface area contributed by atoms with Gasteiger partial charge in [0.1, 0.15) is 11.9 Å². The van der Waals surface area contributed by atoms with Gasteiger partial charge >= 0.3 is 0 Å². The Kier molecular flexibility index (Phi) is 6.38. The van der Waals surface area contributed by atoms with E-state index in [0.717, 1.165) is 70.3 Å². The van der Waals surface area contributed by atoms with Crippen molar-refractivity contribution in [1.29, 1.82) is 0 Å². The van der Waals surface area contributed by atoms with E-state index in [0.29, 0.717) is 17.9 Å². The molecule has 1 aromatic carbocycles. The fraction of sp³-hybridized carbons (Fsp3) is 0.652. The largest absolute Gasteiger partial charge is 0.490 e.